The second kappa shape index (κ2) is 5.78. The molecule has 0 fully saturated rings. The second-order valence-corrected chi connectivity index (χ2v) is 2.86. The van der Waals surface area contributed by atoms with Crippen molar-refractivity contribution in [3.05, 3.63) is 42.4 Å². The van der Waals surface area contributed by atoms with Crippen molar-refractivity contribution < 1.29 is 0 Å². The Kier molecular flexibility index (Phi) is 4.47. The van der Waals surface area contributed by atoms with Crippen LogP contribution in [0.25, 0.3) is 0 Å². The molecule has 0 aliphatic carbocycles. The molecule has 1 heteroatoms. The van der Waals surface area contributed by atoms with E-state index in [2.05, 4.69) is 30.9 Å². The van der Waals surface area contributed by atoms with Crippen molar-refractivity contribution in [3.8, 4) is 0 Å². The Morgan fingerprint density at radius 1 is 1.25 bits per heavy atom. The van der Waals surface area contributed by atoms with Crippen molar-refractivity contribution in [1.82, 2.24) is 5.32 Å². The van der Waals surface area contributed by atoms with E-state index in [0.29, 0.717) is 0 Å². The van der Waals surface area contributed by atoms with E-state index in [4.69, 9.17) is 0 Å². The Hall–Kier alpha value is -0.820. The van der Waals surface area contributed by atoms with Gasteiger partial charge in [-0.1, -0.05) is 43.7 Å². The fourth-order valence-electron chi connectivity index (χ4n) is 1.02. The standard InChI is InChI=1S/C11H16N/c1-2-3-9-12-10-11-7-5-4-6-8-11/h4-8,10,12H,2-3,9H2,1H3. The summed E-state index contributed by atoms with van der Waals surface area (Å²) in [4.78, 5) is 0. The van der Waals surface area contributed by atoms with Crippen LogP contribution in [0.5, 0.6) is 0 Å². The van der Waals surface area contributed by atoms with Crippen LogP contribution in [0.2, 0.25) is 0 Å². The van der Waals surface area contributed by atoms with E-state index in [1.165, 1.54) is 18.4 Å². The highest BCUT2D eigenvalue weighted by Gasteiger charge is 1.89. The third kappa shape index (κ3) is 3.54. The summed E-state index contributed by atoms with van der Waals surface area (Å²) in [6.07, 6.45) is 2.49. The molecule has 1 N–H and O–H groups in total. The van der Waals surface area contributed by atoms with Gasteiger partial charge in [-0.3, -0.25) is 0 Å². The quantitative estimate of drug-likeness (QED) is 0.656. The van der Waals surface area contributed by atoms with Gasteiger partial charge >= 0.3 is 0 Å². The lowest BCUT2D eigenvalue weighted by Gasteiger charge is -2.01. The smallest absolute Gasteiger partial charge is 0.0518 e. The van der Waals surface area contributed by atoms with Gasteiger partial charge in [-0.2, -0.15) is 0 Å². The number of rotatable bonds is 5. The number of unbranched alkanes of at least 4 members (excludes halogenated alkanes) is 1. The van der Waals surface area contributed by atoms with E-state index in [9.17, 15) is 0 Å². The summed E-state index contributed by atoms with van der Waals surface area (Å²) in [6, 6.07) is 10.3. The summed E-state index contributed by atoms with van der Waals surface area (Å²) in [5, 5.41) is 3.28. The summed E-state index contributed by atoms with van der Waals surface area (Å²) >= 11 is 0. The molecule has 0 bridgehead atoms. The Morgan fingerprint density at radius 3 is 2.67 bits per heavy atom. The molecule has 1 radical (unpaired) electrons. The second-order valence-electron chi connectivity index (χ2n) is 2.86. The van der Waals surface area contributed by atoms with Gasteiger partial charge in [0.2, 0.25) is 0 Å². The third-order valence-electron chi connectivity index (χ3n) is 1.74. The summed E-state index contributed by atoms with van der Waals surface area (Å²) < 4.78 is 0. The maximum Gasteiger partial charge on any atom is 0.0518 e. The highest BCUT2D eigenvalue weighted by Crippen LogP contribution is 1.98. The van der Waals surface area contributed by atoms with Crippen molar-refractivity contribution in [3.63, 3.8) is 0 Å². The van der Waals surface area contributed by atoms with Crippen molar-refractivity contribution in [2.24, 2.45) is 0 Å². The molecule has 0 heterocycles. The first-order valence-corrected chi connectivity index (χ1v) is 4.55. The van der Waals surface area contributed by atoms with Crippen molar-refractivity contribution in [1.29, 1.82) is 0 Å². The van der Waals surface area contributed by atoms with Crippen LogP contribution in [-0.4, -0.2) is 6.54 Å². The fourth-order valence-corrected chi connectivity index (χ4v) is 1.02. The topological polar surface area (TPSA) is 12.0 Å². The first-order valence-electron chi connectivity index (χ1n) is 4.55. The lowest BCUT2D eigenvalue weighted by atomic mass is 10.2. The molecule has 0 aromatic heterocycles. The van der Waals surface area contributed by atoms with Crippen LogP contribution in [0.1, 0.15) is 25.3 Å². The number of benzene rings is 1. The molecule has 0 unspecified atom stereocenters. The zero-order valence-electron chi connectivity index (χ0n) is 7.59. The molecule has 1 aromatic carbocycles. The summed E-state index contributed by atoms with van der Waals surface area (Å²) in [7, 11) is 0. The molecule has 0 aliphatic heterocycles. The third-order valence-corrected chi connectivity index (χ3v) is 1.74. The van der Waals surface area contributed by atoms with Crippen LogP contribution >= 0.6 is 0 Å². The first kappa shape index (κ1) is 9.27. The molecular formula is C11H16N. The van der Waals surface area contributed by atoms with Gasteiger partial charge in [-0.25, -0.2) is 0 Å². The SMILES string of the molecule is CCCCN[CH]c1ccccc1. The number of nitrogens with one attached hydrogen (secondary N) is 1. The lowest BCUT2D eigenvalue weighted by Crippen LogP contribution is -2.11. The maximum absolute atomic E-state index is 3.28. The Bertz CT molecular complexity index is 193. The molecule has 0 saturated carbocycles. The minimum Gasteiger partial charge on any atom is -0.308 e. The van der Waals surface area contributed by atoms with Gasteiger partial charge < -0.3 is 5.32 Å². The largest absolute Gasteiger partial charge is 0.308 e. The van der Waals surface area contributed by atoms with Crippen LogP contribution in [-0.2, 0) is 0 Å². The summed E-state index contributed by atoms with van der Waals surface area (Å²) in [5.41, 5.74) is 1.24. The Morgan fingerprint density at radius 2 is 2.00 bits per heavy atom. The van der Waals surface area contributed by atoms with Crippen LogP contribution < -0.4 is 5.32 Å². The van der Waals surface area contributed by atoms with Gasteiger partial charge in [0.25, 0.3) is 0 Å². The number of hydrogen-bond donors (Lipinski definition) is 1. The highest BCUT2D eigenvalue weighted by atomic mass is 14.8. The van der Waals surface area contributed by atoms with E-state index in [1.54, 1.807) is 0 Å². The first-order chi connectivity index (χ1) is 5.93. The maximum atomic E-state index is 3.28. The van der Waals surface area contributed by atoms with Crippen LogP contribution in [0.15, 0.2) is 30.3 Å². The molecule has 0 aliphatic rings. The summed E-state index contributed by atoms with van der Waals surface area (Å²) in [6.45, 7) is 5.34. The van der Waals surface area contributed by atoms with E-state index in [0.717, 1.165) is 6.54 Å². The number of hydrogen-bond acceptors (Lipinski definition) is 1. The predicted molar refractivity (Wildman–Crippen MR) is 52.8 cm³/mol. The van der Waals surface area contributed by atoms with Gasteiger partial charge in [0.15, 0.2) is 0 Å². The molecule has 1 rings (SSSR count). The van der Waals surface area contributed by atoms with E-state index in [1.807, 2.05) is 18.2 Å². The monoisotopic (exact) mass is 162 g/mol. The predicted octanol–water partition coefficient (Wildman–Crippen LogP) is 2.59. The Balaban J connectivity index is 2.16. The van der Waals surface area contributed by atoms with E-state index in [-0.39, 0.29) is 0 Å². The van der Waals surface area contributed by atoms with Crippen molar-refractivity contribution in [2.45, 2.75) is 19.8 Å². The highest BCUT2D eigenvalue weighted by molar-refractivity contribution is 5.21. The van der Waals surface area contributed by atoms with Crippen LogP contribution in [0.4, 0.5) is 0 Å². The van der Waals surface area contributed by atoms with Crippen LogP contribution in [0, 0.1) is 6.54 Å². The molecule has 1 aromatic rings. The molecule has 0 spiro atoms. The van der Waals surface area contributed by atoms with E-state index >= 15 is 0 Å². The molecule has 0 saturated heterocycles. The minimum absolute atomic E-state index is 1.07. The average molecular weight is 162 g/mol. The zero-order valence-corrected chi connectivity index (χ0v) is 7.59. The lowest BCUT2D eigenvalue weighted by molar-refractivity contribution is 0.713. The normalized spacial score (nSPS) is 10.1. The van der Waals surface area contributed by atoms with Crippen LogP contribution in [0.3, 0.4) is 0 Å². The van der Waals surface area contributed by atoms with Gasteiger partial charge in [-0.05, 0) is 18.5 Å². The van der Waals surface area contributed by atoms with Gasteiger partial charge in [0.05, 0.1) is 6.54 Å². The minimum atomic E-state index is 1.07. The Labute approximate surface area is 74.8 Å². The molecule has 65 valence electrons. The summed E-state index contributed by atoms with van der Waals surface area (Å²) in [5.74, 6) is 0. The van der Waals surface area contributed by atoms with E-state index < -0.39 is 0 Å². The van der Waals surface area contributed by atoms with Gasteiger partial charge in [0.1, 0.15) is 0 Å². The van der Waals surface area contributed by atoms with Gasteiger partial charge in [-0.15, -0.1) is 0 Å². The van der Waals surface area contributed by atoms with Gasteiger partial charge in [0, 0.05) is 0 Å². The average Bonchev–Trinajstić information content (AvgIpc) is 2.14. The zero-order chi connectivity index (χ0) is 8.65. The van der Waals surface area contributed by atoms with Crippen molar-refractivity contribution in [2.75, 3.05) is 6.54 Å². The molecule has 0 amide bonds. The molecule has 0 atom stereocenters. The molecular weight excluding hydrogens is 146 g/mol. The fraction of sp³-hybridized carbons (Fsp3) is 0.364. The van der Waals surface area contributed by atoms with Crippen molar-refractivity contribution >= 4 is 0 Å². The molecule has 1 nitrogen and oxygen atoms in total. The molecule has 12 heavy (non-hydrogen) atoms.